The van der Waals surface area contributed by atoms with Gasteiger partial charge in [-0.15, -0.1) is 12.4 Å². The minimum absolute atomic E-state index is 0. The molecular weight excluding hydrogens is 370 g/mol. The Morgan fingerprint density at radius 3 is 2.33 bits per heavy atom. The number of carbonyl (C=O) groups excluding carboxylic acids is 2. The Labute approximate surface area is 165 Å². The van der Waals surface area contributed by atoms with Crippen molar-refractivity contribution in [3.05, 3.63) is 59.7 Å². The van der Waals surface area contributed by atoms with Gasteiger partial charge in [0.2, 0.25) is 0 Å². The van der Waals surface area contributed by atoms with Gasteiger partial charge in [-0.25, -0.2) is 4.79 Å². The number of Topliss-reactive ketones (excluding diaryl/α,β-unsaturated/α-hetero) is 1. The Morgan fingerprint density at radius 1 is 1.07 bits per heavy atom. The van der Waals surface area contributed by atoms with Gasteiger partial charge in [-0.1, -0.05) is 30.3 Å². The Kier molecular flexibility index (Phi) is 8.94. The Hall–Kier alpha value is -2.41. The number of nitrogens with two attached hydrogens (primary N) is 1. The van der Waals surface area contributed by atoms with E-state index < -0.39 is 18.1 Å². The lowest BCUT2D eigenvalue weighted by Gasteiger charge is -2.20. The average molecular weight is 394 g/mol. The van der Waals surface area contributed by atoms with Crippen LogP contribution in [0.1, 0.15) is 29.8 Å². The van der Waals surface area contributed by atoms with Crippen molar-refractivity contribution in [3.8, 4) is 11.5 Å². The summed E-state index contributed by atoms with van der Waals surface area (Å²) in [7, 11) is 1.43. The zero-order chi connectivity index (χ0) is 19.1. The fraction of sp³-hybridized carbons (Fsp3) is 0.300. The van der Waals surface area contributed by atoms with Crippen LogP contribution in [0.3, 0.4) is 0 Å². The van der Waals surface area contributed by atoms with Crippen molar-refractivity contribution in [2.24, 2.45) is 5.73 Å². The number of rotatable bonds is 8. The summed E-state index contributed by atoms with van der Waals surface area (Å²) < 4.78 is 16.2. The predicted octanol–water partition coefficient (Wildman–Crippen LogP) is 3.16. The fourth-order valence-corrected chi connectivity index (χ4v) is 2.24. The SMILES string of the molecule is COc1cc(C(C)=O)ccc1OC(=O)[C@@H](N)[C@@H](C)OCc1ccccc1.Cl. The van der Waals surface area contributed by atoms with Crippen LogP contribution in [0.4, 0.5) is 0 Å². The number of carbonyl (C=O) groups is 2. The summed E-state index contributed by atoms with van der Waals surface area (Å²) in [5.41, 5.74) is 7.40. The molecule has 2 aromatic rings. The van der Waals surface area contributed by atoms with Crippen molar-refractivity contribution < 1.29 is 23.8 Å². The molecule has 0 unspecified atom stereocenters. The highest BCUT2D eigenvalue weighted by Gasteiger charge is 2.25. The van der Waals surface area contributed by atoms with Gasteiger partial charge in [0.15, 0.2) is 17.3 Å². The number of esters is 1. The highest BCUT2D eigenvalue weighted by Crippen LogP contribution is 2.28. The van der Waals surface area contributed by atoms with E-state index in [-0.39, 0.29) is 29.7 Å². The molecule has 2 N–H and O–H groups in total. The first-order chi connectivity index (χ1) is 12.4. The second-order valence-electron chi connectivity index (χ2n) is 5.87. The maximum atomic E-state index is 12.3. The normalized spacial score (nSPS) is 12.4. The van der Waals surface area contributed by atoms with Gasteiger partial charge in [-0.2, -0.15) is 0 Å². The molecule has 2 aromatic carbocycles. The third-order valence-corrected chi connectivity index (χ3v) is 3.91. The Balaban J connectivity index is 0.00000364. The molecule has 0 aliphatic heterocycles. The van der Waals surface area contributed by atoms with E-state index in [1.54, 1.807) is 13.0 Å². The van der Waals surface area contributed by atoms with Crippen LogP contribution in [-0.4, -0.2) is 31.0 Å². The molecule has 0 bridgehead atoms. The highest BCUT2D eigenvalue weighted by atomic mass is 35.5. The molecule has 6 nitrogen and oxygen atoms in total. The first-order valence-corrected chi connectivity index (χ1v) is 8.24. The second-order valence-corrected chi connectivity index (χ2v) is 5.87. The molecule has 0 radical (unpaired) electrons. The van der Waals surface area contributed by atoms with Gasteiger partial charge in [-0.3, -0.25) is 4.79 Å². The molecule has 0 spiro atoms. The summed E-state index contributed by atoms with van der Waals surface area (Å²) in [5.74, 6) is -0.260. The van der Waals surface area contributed by atoms with Gasteiger partial charge >= 0.3 is 5.97 Å². The smallest absolute Gasteiger partial charge is 0.331 e. The summed E-state index contributed by atoms with van der Waals surface area (Å²) in [6.07, 6.45) is -0.537. The molecule has 27 heavy (non-hydrogen) atoms. The lowest BCUT2D eigenvalue weighted by atomic mass is 10.1. The van der Waals surface area contributed by atoms with Gasteiger partial charge in [0.25, 0.3) is 0 Å². The fourth-order valence-electron chi connectivity index (χ4n) is 2.24. The van der Waals surface area contributed by atoms with Crippen molar-refractivity contribution in [1.29, 1.82) is 0 Å². The maximum absolute atomic E-state index is 12.3. The van der Waals surface area contributed by atoms with Crippen LogP contribution >= 0.6 is 12.4 Å². The van der Waals surface area contributed by atoms with Gasteiger partial charge in [0.1, 0.15) is 6.04 Å². The first-order valence-electron chi connectivity index (χ1n) is 8.24. The van der Waals surface area contributed by atoms with Crippen molar-refractivity contribution in [3.63, 3.8) is 0 Å². The van der Waals surface area contributed by atoms with Crippen LogP contribution in [-0.2, 0) is 16.1 Å². The summed E-state index contributed by atoms with van der Waals surface area (Å²) in [5, 5.41) is 0. The predicted molar refractivity (Wildman–Crippen MR) is 105 cm³/mol. The number of hydrogen-bond donors (Lipinski definition) is 1. The monoisotopic (exact) mass is 393 g/mol. The molecule has 0 fully saturated rings. The maximum Gasteiger partial charge on any atom is 0.331 e. The molecule has 0 aliphatic carbocycles. The first kappa shape index (κ1) is 22.6. The van der Waals surface area contributed by atoms with Crippen molar-refractivity contribution in [1.82, 2.24) is 0 Å². The van der Waals surface area contributed by atoms with E-state index in [9.17, 15) is 9.59 Å². The molecule has 2 rings (SSSR count). The molecule has 7 heteroatoms. The minimum Gasteiger partial charge on any atom is -0.493 e. The summed E-state index contributed by atoms with van der Waals surface area (Å²) >= 11 is 0. The number of hydrogen-bond acceptors (Lipinski definition) is 6. The molecule has 0 saturated carbocycles. The number of methoxy groups -OCH3 is 1. The number of ether oxygens (including phenoxy) is 3. The van der Waals surface area contributed by atoms with Gasteiger partial charge in [0.05, 0.1) is 19.8 Å². The van der Waals surface area contributed by atoms with Crippen LogP contribution in [0.5, 0.6) is 11.5 Å². The van der Waals surface area contributed by atoms with Crippen LogP contribution in [0, 0.1) is 0 Å². The second kappa shape index (κ2) is 10.7. The van der Waals surface area contributed by atoms with E-state index in [1.807, 2.05) is 30.3 Å². The number of halogens is 1. The van der Waals surface area contributed by atoms with Gasteiger partial charge in [0, 0.05) is 5.56 Å². The third kappa shape index (κ3) is 6.36. The molecule has 2 atom stereocenters. The zero-order valence-electron chi connectivity index (χ0n) is 15.5. The topological polar surface area (TPSA) is 87.9 Å². The number of ketones is 1. The van der Waals surface area contributed by atoms with Crippen molar-refractivity contribution in [2.75, 3.05) is 7.11 Å². The zero-order valence-corrected chi connectivity index (χ0v) is 16.3. The largest absolute Gasteiger partial charge is 0.493 e. The Morgan fingerprint density at radius 2 is 1.74 bits per heavy atom. The summed E-state index contributed by atoms with van der Waals surface area (Å²) in [6, 6.07) is 13.2. The molecule has 0 heterocycles. The van der Waals surface area contributed by atoms with Crippen LogP contribution in [0.2, 0.25) is 0 Å². The molecule has 0 saturated heterocycles. The highest BCUT2D eigenvalue weighted by molar-refractivity contribution is 5.94. The number of benzene rings is 2. The molecule has 0 aliphatic rings. The lowest BCUT2D eigenvalue weighted by Crippen LogP contribution is -2.44. The minimum atomic E-state index is -0.962. The Bertz CT molecular complexity index is 766. The van der Waals surface area contributed by atoms with Crippen LogP contribution in [0.25, 0.3) is 0 Å². The lowest BCUT2D eigenvalue weighted by molar-refractivity contribution is -0.139. The molecule has 0 aromatic heterocycles. The van der Waals surface area contributed by atoms with Crippen LogP contribution < -0.4 is 15.2 Å². The van der Waals surface area contributed by atoms with Crippen molar-refractivity contribution >= 4 is 24.2 Å². The third-order valence-electron chi connectivity index (χ3n) is 3.91. The van der Waals surface area contributed by atoms with Gasteiger partial charge < -0.3 is 19.9 Å². The van der Waals surface area contributed by atoms with E-state index in [4.69, 9.17) is 19.9 Å². The van der Waals surface area contributed by atoms with Gasteiger partial charge in [-0.05, 0) is 37.6 Å². The molecule has 146 valence electrons. The quantitative estimate of drug-likeness (QED) is 0.421. The van der Waals surface area contributed by atoms with Crippen molar-refractivity contribution in [2.45, 2.75) is 32.6 Å². The van der Waals surface area contributed by atoms with Crippen LogP contribution in [0.15, 0.2) is 48.5 Å². The standard InChI is InChI=1S/C20H23NO5.ClH/c1-13(22)16-9-10-17(18(11-16)24-3)26-20(23)19(21)14(2)25-12-15-7-5-4-6-8-15;/h4-11,14,19H,12,21H2,1-3H3;1H/t14-,19+;/m1./s1. The summed E-state index contributed by atoms with van der Waals surface area (Å²) in [6.45, 7) is 3.51. The van der Waals surface area contributed by atoms with E-state index in [0.717, 1.165) is 5.56 Å². The molecule has 0 amide bonds. The van der Waals surface area contributed by atoms with E-state index in [2.05, 4.69) is 0 Å². The van der Waals surface area contributed by atoms with E-state index in [0.29, 0.717) is 12.2 Å². The van der Waals surface area contributed by atoms with E-state index in [1.165, 1.54) is 26.2 Å². The molecular formula is C20H24ClNO5. The summed E-state index contributed by atoms with van der Waals surface area (Å²) in [4.78, 5) is 23.7. The average Bonchev–Trinajstić information content (AvgIpc) is 2.66. The van der Waals surface area contributed by atoms with E-state index >= 15 is 0 Å².